The third kappa shape index (κ3) is 5.60. The molecule has 13 nitrogen and oxygen atoms in total. The summed E-state index contributed by atoms with van der Waals surface area (Å²) in [7, 11) is -0.372. The van der Waals surface area contributed by atoms with Crippen molar-refractivity contribution in [3.05, 3.63) is 23.8 Å². The highest BCUT2D eigenvalue weighted by Crippen LogP contribution is 2.46. The lowest BCUT2D eigenvalue weighted by molar-refractivity contribution is -0.140. The second kappa shape index (κ2) is 10.7. The van der Waals surface area contributed by atoms with E-state index in [0.717, 1.165) is 4.90 Å². The number of primary amides is 1. The van der Waals surface area contributed by atoms with Gasteiger partial charge in [0, 0.05) is 7.05 Å². The predicted octanol–water partition coefficient (Wildman–Crippen LogP) is 1.61. The number of benzene rings is 1. The molecule has 1 heterocycles. The Labute approximate surface area is 216 Å². The molecule has 1 aliphatic heterocycles. The van der Waals surface area contributed by atoms with Gasteiger partial charge in [-0.3, -0.25) is 4.79 Å². The first-order chi connectivity index (χ1) is 17.3. The van der Waals surface area contributed by atoms with Crippen LogP contribution in [0.3, 0.4) is 0 Å². The van der Waals surface area contributed by atoms with Crippen LogP contribution in [0.1, 0.15) is 49.9 Å². The third-order valence-corrected chi connectivity index (χ3v) is 7.51. The topological polar surface area (TPSA) is 164 Å². The third-order valence-electron chi connectivity index (χ3n) is 6.76. The number of urea groups is 1. The van der Waals surface area contributed by atoms with Crippen LogP contribution in [0.5, 0.6) is 11.5 Å². The fourth-order valence-corrected chi connectivity index (χ4v) is 5.37. The fraction of sp³-hybridized carbons (Fsp3) is 0.609. The van der Waals surface area contributed by atoms with Crippen LogP contribution in [0, 0.1) is 5.41 Å². The molecule has 0 aromatic heterocycles. The summed E-state index contributed by atoms with van der Waals surface area (Å²) in [6, 6.07) is 3.32. The molecule has 1 aliphatic carbocycles. The van der Waals surface area contributed by atoms with Gasteiger partial charge < -0.3 is 24.8 Å². The Morgan fingerprint density at radius 2 is 1.81 bits per heavy atom. The molecule has 37 heavy (non-hydrogen) atoms. The first-order valence-electron chi connectivity index (χ1n) is 11.6. The highest BCUT2D eigenvalue weighted by molar-refractivity contribution is 7.81. The average molecular weight is 544 g/mol. The van der Waals surface area contributed by atoms with Gasteiger partial charge in [-0.2, -0.15) is 13.5 Å². The summed E-state index contributed by atoms with van der Waals surface area (Å²) < 4.78 is 50.7. The summed E-state index contributed by atoms with van der Waals surface area (Å²) in [5.74, 6) is -0.695. The number of carbonyl (C=O) groups is 3. The van der Waals surface area contributed by atoms with Gasteiger partial charge in [-0.05, 0) is 43.2 Å². The number of methoxy groups -OCH3 is 2. The molecule has 2 aliphatic rings. The van der Waals surface area contributed by atoms with Gasteiger partial charge in [-0.15, -0.1) is 4.28 Å². The van der Waals surface area contributed by atoms with Crippen LogP contribution in [0.25, 0.3) is 0 Å². The molecule has 1 aromatic carbocycles. The van der Waals surface area contributed by atoms with E-state index in [1.54, 1.807) is 32.0 Å². The number of hydrogen-bond acceptors (Lipinski definition) is 10. The molecule has 14 heteroatoms. The predicted molar refractivity (Wildman–Crippen MR) is 129 cm³/mol. The highest BCUT2D eigenvalue weighted by Gasteiger charge is 2.67. The van der Waals surface area contributed by atoms with Crippen molar-refractivity contribution in [3.8, 4) is 11.5 Å². The summed E-state index contributed by atoms with van der Waals surface area (Å²) in [5, 5.41) is 0.641. The minimum atomic E-state index is -4.61. The molecule has 1 saturated carbocycles. The zero-order chi connectivity index (χ0) is 27.6. The number of ether oxygens (including phenoxy) is 3. The molecule has 3 amide bonds. The molecular weight excluding hydrogens is 510 g/mol. The van der Waals surface area contributed by atoms with Gasteiger partial charge in [0.15, 0.2) is 0 Å². The maximum atomic E-state index is 12.6. The fourth-order valence-electron chi connectivity index (χ4n) is 4.50. The van der Waals surface area contributed by atoms with Crippen LogP contribution >= 0.6 is 0 Å². The molecule has 2 fully saturated rings. The van der Waals surface area contributed by atoms with E-state index in [-0.39, 0.29) is 18.8 Å². The molecular formula is C23H33N3O10S. The van der Waals surface area contributed by atoms with Crippen LogP contribution in [0.4, 0.5) is 4.79 Å². The van der Waals surface area contributed by atoms with Gasteiger partial charge in [0.2, 0.25) is 5.91 Å². The zero-order valence-corrected chi connectivity index (χ0v) is 22.3. The Balaban J connectivity index is 1.49. The highest BCUT2D eigenvalue weighted by atomic mass is 32.3. The monoisotopic (exact) mass is 543 g/mol. The number of carbonyl (C=O) groups excluding carboxylic acids is 3. The van der Waals surface area contributed by atoms with E-state index in [9.17, 15) is 22.8 Å². The first-order valence-corrected chi connectivity index (χ1v) is 13.0. The minimum absolute atomic E-state index is 0.0677. The Kier molecular flexibility index (Phi) is 8.24. The number of nitrogens with zero attached hydrogens (tertiary/aromatic N) is 2. The minimum Gasteiger partial charge on any atom is -0.496 e. The van der Waals surface area contributed by atoms with Crippen LogP contribution in [0.2, 0.25) is 0 Å². The number of rotatable bonds is 13. The summed E-state index contributed by atoms with van der Waals surface area (Å²) in [5.41, 5.74) is 3.70. The van der Waals surface area contributed by atoms with Gasteiger partial charge in [-0.1, -0.05) is 19.9 Å². The van der Waals surface area contributed by atoms with E-state index in [0.29, 0.717) is 42.2 Å². The summed E-state index contributed by atoms with van der Waals surface area (Å²) >= 11 is 0. The number of hydroxylamine groups is 2. The number of fused-ring (bicyclic) bond motifs is 1. The van der Waals surface area contributed by atoms with Crippen molar-refractivity contribution in [3.63, 3.8) is 0 Å². The molecule has 2 N–H and O–H groups in total. The van der Waals surface area contributed by atoms with Crippen molar-refractivity contribution in [1.29, 1.82) is 0 Å². The summed E-state index contributed by atoms with van der Waals surface area (Å²) in [4.78, 5) is 38.1. The van der Waals surface area contributed by atoms with Crippen LogP contribution < -0.4 is 15.2 Å². The van der Waals surface area contributed by atoms with Crippen molar-refractivity contribution >= 4 is 28.3 Å². The summed E-state index contributed by atoms with van der Waals surface area (Å²) in [6.45, 7) is 3.35. The summed E-state index contributed by atoms with van der Waals surface area (Å²) in [6.07, 6.45) is 1.54. The van der Waals surface area contributed by atoms with E-state index in [4.69, 9.17) is 28.4 Å². The van der Waals surface area contributed by atoms with Crippen LogP contribution in [-0.2, 0) is 28.4 Å². The molecule has 1 aromatic rings. The second-order valence-electron chi connectivity index (χ2n) is 9.70. The molecule has 1 saturated heterocycles. The Bertz CT molecular complexity index is 1130. The van der Waals surface area contributed by atoms with Gasteiger partial charge in [0.05, 0.1) is 33.5 Å². The second-order valence-corrected chi connectivity index (χ2v) is 10.9. The number of esters is 1. The normalized spacial score (nSPS) is 21.3. The lowest BCUT2D eigenvalue weighted by atomic mass is 9.71. The van der Waals surface area contributed by atoms with E-state index in [1.165, 1.54) is 21.3 Å². The van der Waals surface area contributed by atoms with Crippen LogP contribution in [-0.4, -0.2) is 82.4 Å². The maximum Gasteiger partial charge on any atom is 0.421 e. The first kappa shape index (κ1) is 28.5. The maximum absolute atomic E-state index is 12.6. The lowest BCUT2D eigenvalue weighted by Crippen LogP contribution is -2.66. The number of nitrogens with two attached hydrogens (primary N) is 1. The zero-order valence-electron chi connectivity index (χ0n) is 21.5. The Hall–Kier alpha value is -3.10. The number of amides is 3. The quantitative estimate of drug-likeness (QED) is 0.285. The SMILES string of the molecule is COc1cccc(OC)c1C(=O)OCCCC(C)(C)COS(=O)(=O)ON1C(=O)N(C)[C@@]2(C(N)=O)CC[C@@H]12. The molecule has 0 bridgehead atoms. The van der Waals surface area contributed by atoms with Gasteiger partial charge >= 0.3 is 22.4 Å². The molecule has 2 atom stereocenters. The van der Waals surface area contributed by atoms with Crippen molar-refractivity contribution < 1.29 is 45.5 Å². The standard InChI is InChI=1S/C23H33N3O10S/c1-22(2,11-7-13-34-19(27)18-15(32-4)8-6-9-16(18)33-5)14-35-37(30,31)36-26-17-10-12-23(17,20(24)28)25(3)21(26)29/h6,8-9,17H,7,10-14H2,1-5H3,(H2,24,28)/t17-,23+/m1/s1. The van der Waals surface area contributed by atoms with Gasteiger partial charge in [0.1, 0.15) is 22.6 Å². The number of hydrogen-bond donors (Lipinski definition) is 1. The van der Waals surface area contributed by atoms with E-state index >= 15 is 0 Å². The van der Waals surface area contributed by atoms with Gasteiger partial charge in [-0.25, -0.2) is 13.8 Å². The van der Waals surface area contributed by atoms with E-state index in [1.807, 2.05) is 0 Å². The smallest absolute Gasteiger partial charge is 0.421 e. The lowest BCUT2D eigenvalue weighted by Gasteiger charge is -2.44. The van der Waals surface area contributed by atoms with Crippen molar-refractivity contribution in [1.82, 2.24) is 9.96 Å². The number of likely N-dealkylation sites (N-methyl/N-ethyl adjacent to an activating group) is 1. The van der Waals surface area contributed by atoms with Crippen LogP contribution in [0.15, 0.2) is 18.2 Å². The molecule has 0 spiro atoms. The average Bonchev–Trinajstić information content (AvgIpc) is 2.96. The van der Waals surface area contributed by atoms with Crippen molar-refractivity contribution in [2.45, 2.75) is 51.1 Å². The molecule has 3 rings (SSSR count). The van der Waals surface area contributed by atoms with Crippen molar-refractivity contribution in [2.24, 2.45) is 11.1 Å². The molecule has 0 unspecified atom stereocenters. The molecule has 206 valence electrons. The Morgan fingerprint density at radius 1 is 1.19 bits per heavy atom. The van der Waals surface area contributed by atoms with E-state index in [2.05, 4.69) is 0 Å². The van der Waals surface area contributed by atoms with Gasteiger partial charge in [0.25, 0.3) is 0 Å². The van der Waals surface area contributed by atoms with Crippen molar-refractivity contribution in [2.75, 3.05) is 34.5 Å². The Morgan fingerprint density at radius 3 is 2.30 bits per heavy atom. The largest absolute Gasteiger partial charge is 0.496 e. The van der Waals surface area contributed by atoms with E-state index < -0.39 is 45.3 Å². The molecule has 0 radical (unpaired) electrons.